The zero-order chi connectivity index (χ0) is 13.3. The molecule has 0 spiro atoms. The molecule has 2 rings (SSSR count). The number of fused-ring (bicyclic) bond motifs is 1. The quantitative estimate of drug-likeness (QED) is 0.898. The maximum Gasteiger partial charge on any atom is 0.323 e. The number of carboxylic acid groups (broad SMARTS) is 1. The first kappa shape index (κ1) is 12.7. The molecule has 96 valence electrons. The molecule has 0 radical (unpaired) electrons. The van der Waals surface area contributed by atoms with Gasteiger partial charge in [0.15, 0.2) is 0 Å². The van der Waals surface area contributed by atoms with Gasteiger partial charge in [0.05, 0.1) is 0 Å². The molecule has 0 saturated heterocycles. The number of carboxylic acids is 1. The fraction of sp³-hybridized carbons (Fsp3) is 0.400. The first-order valence-corrected chi connectivity index (χ1v) is 6.33. The maximum atomic E-state index is 10.9. The van der Waals surface area contributed by atoms with E-state index in [0.29, 0.717) is 0 Å². The average molecular weight is 245 g/mol. The average Bonchev–Trinajstić information content (AvgIpc) is 2.58. The molecule has 0 aliphatic rings. The maximum absolute atomic E-state index is 10.9. The van der Waals surface area contributed by atoms with Crippen molar-refractivity contribution in [2.75, 3.05) is 0 Å². The van der Waals surface area contributed by atoms with Crippen LogP contribution in [0.15, 0.2) is 18.3 Å². The van der Waals surface area contributed by atoms with Crippen molar-refractivity contribution >= 4 is 16.9 Å². The summed E-state index contributed by atoms with van der Waals surface area (Å²) in [6, 6.07) is 4.26. The molecule has 0 fully saturated rings. The Bertz CT molecular complexity index is 596. The molecular formula is C15H19NO2. The van der Waals surface area contributed by atoms with Crippen LogP contribution >= 0.6 is 0 Å². The van der Waals surface area contributed by atoms with Gasteiger partial charge in [0.2, 0.25) is 0 Å². The molecule has 0 aliphatic heterocycles. The van der Waals surface area contributed by atoms with E-state index in [-0.39, 0.29) is 6.54 Å². The summed E-state index contributed by atoms with van der Waals surface area (Å²) in [6.45, 7) is 6.33. The Kier molecular flexibility index (Phi) is 3.41. The van der Waals surface area contributed by atoms with Gasteiger partial charge in [0.1, 0.15) is 6.54 Å². The number of rotatable bonds is 4. The molecule has 0 atom stereocenters. The van der Waals surface area contributed by atoms with Gasteiger partial charge in [-0.2, -0.15) is 0 Å². The van der Waals surface area contributed by atoms with Gasteiger partial charge in [-0.3, -0.25) is 4.79 Å². The van der Waals surface area contributed by atoms with Gasteiger partial charge in [-0.05, 0) is 49.1 Å². The fourth-order valence-corrected chi connectivity index (χ4v) is 2.37. The Morgan fingerprint density at radius 3 is 2.56 bits per heavy atom. The predicted molar refractivity (Wildman–Crippen MR) is 73.0 cm³/mol. The van der Waals surface area contributed by atoms with E-state index >= 15 is 0 Å². The summed E-state index contributed by atoms with van der Waals surface area (Å²) < 4.78 is 1.84. The number of aryl methyl sites for hydroxylation is 3. The second kappa shape index (κ2) is 4.84. The number of benzene rings is 1. The number of aliphatic carboxylic acids is 1. The van der Waals surface area contributed by atoms with Crippen LogP contribution in [0.2, 0.25) is 0 Å². The molecule has 0 aliphatic carbocycles. The molecule has 3 heteroatoms. The summed E-state index contributed by atoms with van der Waals surface area (Å²) in [7, 11) is 0. The van der Waals surface area contributed by atoms with Crippen molar-refractivity contribution in [3.05, 3.63) is 35.0 Å². The minimum absolute atomic E-state index is 0.0305. The van der Waals surface area contributed by atoms with Crippen molar-refractivity contribution in [1.82, 2.24) is 4.57 Å². The number of aromatic nitrogens is 1. The smallest absolute Gasteiger partial charge is 0.323 e. The lowest BCUT2D eigenvalue weighted by atomic mass is 10.0. The Morgan fingerprint density at radius 2 is 1.94 bits per heavy atom. The first-order valence-electron chi connectivity index (χ1n) is 6.33. The van der Waals surface area contributed by atoms with E-state index in [2.05, 4.69) is 32.9 Å². The first-order chi connectivity index (χ1) is 8.52. The molecule has 0 bridgehead atoms. The lowest BCUT2D eigenvalue weighted by molar-refractivity contribution is -0.137. The summed E-state index contributed by atoms with van der Waals surface area (Å²) in [6.07, 6.45) is 4.05. The van der Waals surface area contributed by atoms with Gasteiger partial charge in [-0.15, -0.1) is 0 Å². The molecule has 18 heavy (non-hydrogen) atoms. The van der Waals surface area contributed by atoms with E-state index < -0.39 is 5.97 Å². The Morgan fingerprint density at radius 1 is 1.28 bits per heavy atom. The van der Waals surface area contributed by atoms with Crippen LogP contribution in [0.3, 0.4) is 0 Å². The fourth-order valence-electron chi connectivity index (χ4n) is 2.37. The SMILES string of the molecule is CCCc1cn(CC(=O)O)c2cc(C)c(C)cc12. The second-order valence-electron chi connectivity index (χ2n) is 4.88. The van der Waals surface area contributed by atoms with E-state index in [1.54, 1.807) is 0 Å². The Balaban J connectivity index is 2.64. The Labute approximate surface area is 107 Å². The zero-order valence-electron chi connectivity index (χ0n) is 11.2. The molecule has 0 unspecified atom stereocenters. The third kappa shape index (κ3) is 2.26. The van der Waals surface area contributed by atoms with Crippen LogP contribution in [0.5, 0.6) is 0 Å². The van der Waals surface area contributed by atoms with Crippen molar-refractivity contribution in [2.24, 2.45) is 0 Å². The highest BCUT2D eigenvalue weighted by molar-refractivity contribution is 5.86. The van der Waals surface area contributed by atoms with Gasteiger partial charge in [-0.1, -0.05) is 13.3 Å². The number of hydrogen-bond donors (Lipinski definition) is 1. The van der Waals surface area contributed by atoms with Crippen LogP contribution in [0.1, 0.15) is 30.0 Å². The number of hydrogen-bond acceptors (Lipinski definition) is 1. The van der Waals surface area contributed by atoms with E-state index in [4.69, 9.17) is 5.11 Å². The predicted octanol–water partition coefficient (Wildman–Crippen LogP) is 3.30. The van der Waals surface area contributed by atoms with Crippen LogP contribution in [0.25, 0.3) is 10.9 Å². The van der Waals surface area contributed by atoms with Crippen LogP contribution in [0, 0.1) is 13.8 Å². The number of carbonyl (C=O) groups is 1. The molecule has 0 saturated carbocycles. The third-order valence-electron chi connectivity index (χ3n) is 3.40. The Hall–Kier alpha value is -1.77. The zero-order valence-corrected chi connectivity index (χ0v) is 11.2. The van der Waals surface area contributed by atoms with Gasteiger partial charge in [0, 0.05) is 17.1 Å². The molecule has 1 aromatic heterocycles. The molecule has 1 heterocycles. The number of nitrogens with zero attached hydrogens (tertiary/aromatic N) is 1. The van der Waals surface area contributed by atoms with E-state index in [9.17, 15) is 4.79 Å². The van der Waals surface area contributed by atoms with E-state index in [1.807, 2.05) is 10.8 Å². The molecule has 1 aromatic carbocycles. The topological polar surface area (TPSA) is 42.2 Å². The minimum Gasteiger partial charge on any atom is -0.480 e. The van der Waals surface area contributed by atoms with Crippen LogP contribution in [0.4, 0.5) is 0 Å². The van der Waals surface area contributed by atoms with Gasteiger partial charge in [0.25, 0.3) is 0 Å². The molecule has 3 nitrogen and oxygen atoms in total. The van der Waals surface area contributed by atoms with Crippen molar-refractivity contribution in [3.8, 4) is 0 Å². The van der Waals surface area contributed by atoms with Crippen LogP contribution < -0.4 is 0 Å². The van der Waals surface area contributed by atoms with Crippen molar-refractivity contribution < 1.29 is 9.90 Å². The second-order valence-corrected chi connectivity index (χ2v) is 4.88. The summed E-state index contributed by atoms with van der Waals surface area (Å²) in [4.78, 5) is 10.9. The summed E-state index contributed by atoms with van der Waals surface area (Å²) in [5.74, 6) is -0.798. The monoisotopic (exact) mass is 245 g/mol. The lowest BCUT2D eigenvalue weighted by Crippen LogP contribution is -2.07. The molecular weight excluding hydrogens is 226 g/mol. The summed E-state index contributed by atoms with van der Waals surface area (Å²) in [5.41, 5.74) is 4.74. The summed E-state index contributed by atoms with van der Waals surface area (Å²) >= 11 is 0. The van der Waals surface area contributed by atoms with Gasteiger partial charge >= 0.3 is 5.97 Å². The largest absolute Gasteiger partial charge is 0.480 e. The van der Waals surface area contributed by atoms with Gasteiger partial charge < -0.3 is 9.67 Å². The van der Waals surface area contributed by atoms with Crippen molar-refractivity contribution in [2.45, 2.75) is 40.2 Å². The molecule has 0 amide bonds. The van der Waals surface area contributed by atoms with Crippen LogP contribution in [-0.4, -0.2) is 15.6 Å². The molecule has 1 N–H and O–H groups in total. The standard InChI is InChI=1S/C15H19NO2/c1-4-5-12-8-16(9-15(17)18)14-7-11(3)10(2)6-13(12)14/h6-8H,4-5,9H2,1-3H3,(H,17,18). The highest BCUT2D eigenvalue weighted by atomic mass is 16.4. The minimum atomic E-state index is -0.798. The highest BCUT2D eigenvalue weighted by Gasteiger charge is 2.11. The van der Waals surface area contributed by atoms with Crippen molar-refractivity contribution in [3.63, 3.8) is 0 Å². The van der Waals surface area contributed by atoms with E-state index in [0.717, 1.165) is 18.4 Å². The lowest BCUT2D eigenvalue weighted by Gasteiger charge is -2.04. The highest BCUT2D eigenvalue weighted by Crippen LogP contribution is 2.26. The van der Waals surface area contributed by atoms with Gasteiger partial charge in [-0.25, -0.2) is 0 Å². The normalized spacial score (nSPS) is 11.1. The van der Waals surface area contributed by atoms with Crippen LogP contribution in [-0.2, 0) is 17.8 Å². The summed E-state index contributed by atoms with van der Waals surface area (Å²) in [5, 5.41) is 10.2. The van der Waals surface area contributed by atoms with E-state index in [1.165, 1.54) is 22.1 Å². The van der Waals surface area contributed by atoms with Crippen molar-refractivity contribution in [1.29, 1.82) is 0 Å². The molecule has 2 aromatic rings. The third-order valence-corrected chi connectivity index (χ3v) is 3.40.